The SMILES string of the molecule is C=CC(=O)Nc1ccc(Nc2cc(Nc3ccc(Oc4ccccc4)cc3)ncn2)cc1. The van der Waals surface area contributed by atoms with Gasteiger partial charge in [0.15, 0.2) is 0 Å². The number of hydrogen-bond donors (Lipinski definition) is 3. The summed E-state index contributed by atoms with van der Waals surface area (Å²) in [7, 11) is 0. The van der Waals surface area contributed by atoms with Crippen LogP contribution in [0.1, 0.15) is 0 Å². The molecule has 0 radical (unpaired) electrons. The van der Waals surface area contributed by atoms with Gasteiger partial charge in [0, 0.05) is 23.1 Å². The summed E-state index contributed by atoms with van der Waals surface area (Å²) in [6, 6.07) is 26.3. The minimum atomic E-state index is -0.253. The second-order valence-electron chi connectivity index (χ2n) is 6.75. The Bertz CT molecular complexity index is 1190. The summed E-state index contributed by atoms with van der Waals surface area (Å²) in [5.74, 6) is 2.57. The Morgan fingerprint density at radius 1 is 0.750 bits per heavy atom. The molecule has 0 saturated heterocycles. The molecule has 158 valence electrons. The fraction of sp³-hybridized carbons (Fsp3) is 0. The molecule has 0 unspecified atom stereocenters. The number of nitrogens with zero attached hydrogens (tertiary/aromatic N) is 2. The quantitative estimate of drug-likeness (QED) is 0.307. The number of benzene rings is 3. The Morgan fingerprint density at radius 3 is 1.88 bits per heavy atom. The molecule has 0 aliphatic rings. The molecule has 7 heteroatoms. The van der Waals surface area contributed by atoms with E-state index in [9.17, 15) is 4.79 Å². The number of anilines is 5. The third kappa shape index (κ3) is 5.70. The van der Waals surface area contributed by atoms with Crippen LogP contribution in [0.5, 0.6) is 11.5 Å². The molecule has 0 atom stereocenters. The summed E-state index contributed by atoms with van der Waals surface area (Å²) in [6.07, 6.45) is 2.71. The maximum absolute atomic E-state index is 11.4. The summed E-state index contributed by atoms with van der Waals surface area (Å²) in [5.41, 5.74) is 2.39. The van der Waals surface area contributed by atoms with Gasteiger partial charge in [-0.25, -0.2) is 9.97 Å². The molecule has 32 heavy (non-hydrogen) atoms. The van der Waals surface area contributed by atoms with Crippen LogP contribution >= 0.6 is 0 Å². The Morgan fingerprint density at radius 2 is 1.28 bits per heavy atom. The van der Waals surface area contributed by atoms with Gasteiger partial charge in [0.2, 0.25) is 5.91 Å². The number of carbonyl (C=O) groups is 1. The fourth-order valence-electron chi connectivity index (χ4n) is 2.85. The van der Waals surface area contributed by atoms with Crippen LogP contribution in [0, 0.1) is 0 Å². The van der Waals surface area contributed by atoms with Gasteiger partial charge in [-0.15, -0.1) is 0 Å². The van der Waals surface area contributed by atoms with Gasteiger partial charge in [0.05, 0.1) is 0 Å². The number of carbonyl (C=O) groups excluding carboxylic acids is 1. The molecule has 0 saturated carbocycles. The normalized spacial score (nSPS) is 10.1. The lowest BCUT2D eigenvalue weighted by Crippen LogP contribution is -2.07. The molecule has 0 bridgehead atoms. The molecule has 3 aromatic carbocycles. The van der Waals surface area contributed by atoms with Gasteiger partial charge in [-0.1, -0.05) is 24.8 Å². The second kappa shape index (κ2) is 9.90. The van der Waals surface area contributed by atoms with E-state index in [0.29, 0.717) is 17.3 Å². The van der Waals surface area contributed by atoms with Crippen molar-refractivity contribution in [2.24, 2.45) is 0 Å². The molecular formula is C25H21N5O2. The van der Waals surface area contributed by atoms with E-state index in [2.05, 4.69) is 32.5 Å². The highest BCUT2D eigenvalue weighted by Crippen LogP contribution is 2.25. The van der Waals surface area contributed by atoms with E-state index < -0.39 is 0 Å². The van der Waals surface area contributed by atoms with E-state index in [1.165, 1.54) is 12.4 Å². The molecule has 1 amide bonds. The van der Waals surface area contributed by atoms with Gasteiger partial charge >= 0.3 is 0 Å². The number of rotatable bonds is 8. The van der Waals surface area contributed by atoms with Crippen molar-refractivity contribution < 1.29 is 9.53 Å². The zero-order valence-electron chi connectivity index (χ0n) is 17.2. The van der Waals surface area contributed by atoms with Crippen molar-refractivity contribution in [2.45, 2.75) is 0 Å². The van der Waals surface area contributed by atoms with Crippen molar-refractivity contribution in [1.82, 2.24) is 9.97 Å². The van der Waals surface area contributed by atoms with Gasteiger partial charge in [-0.2, -0.15) is 0 Å². The van der Waals surface area contributed by atoms with Gasteiger partial charge in [0.25, 0.3) is 0 Å². The first kappa shape index (κ1) is 20.6. The lowest BCUT2D eigenvalue weighted by molar-refractivity contribution is -0.111. The van der Waals surface area contributed by atoms with Crippen molar-refractivity contribution in [3.05, 3.63) is 104 Å². The van der Waals surface area contributed by atoms with Crippen molar-refractivity contribution in [1.29, 1.82) is 0 Å². The first-order valence-electron chi connectivity index (χ1n) is 9.90. The van der Waals surface area contributed by atoms with Crippen molar-refractivity contribution in [3.8, 4) is 11.5 Å². The summed E-state index contributed by atoms with van der Waals surface area (Å²) in [4.78, 5) is 19.9. The van der Waals surface area contributed by atoms with Crippen LogP contribution < -0.4 is 20.7 Å². The van der Waals surface area contributed by atoms with Gasteiger partial charge in [0.1, 0.15) is 29.5 Å². The molecule has 3 N–H and O–H groups in total. The first-order valence-corrected chi connectivity index (χ1v) is 9.90. The van der Waals surface area contributed by atoms with E-state index in [-0.39, 0.29) is 5.91 Å². The van der Waals surface area contributed by atoms with Crippen LogP contribution in [-0.4, -0.2) is 15.9 Å². The van der Waals surface area contributed by atoms with Crippen LogP contribution in [-0.2, 0) is 4.79 Å². The number of para-hydroxylation sites is 1. The predicted molar refractivity (Wildman–Crippen MR) is 127 cm³/mol. The topological polar surface area (TPSA) is 88.2 Å². The predicted octanol–water partition coefficient (Wildman–Crippen LogP) is 5.88. The molecular weight excluding hydrogens is 402 g/mol. The molecule has 0 spiro atoms. The summed E-state index contributed by atoms with van der Waals surface area (Å²) < 4.78 is 5.81. The van der Waals surface area contributed by atoms with Crippen LogP contribution in [0.3, 0.4) is 0 Å². The van der Waals surface area contributed by atoms with E-state index >= 15 is 0 Å². The number of amides is 1. The molecule has 4 aromatic rings. The molecule has 0 fully saturated rings. The minimum absolute atomic E-state index is 0.253. The average molecular weight is 423 g/mol. The van der Waals surface area contributed by atoms with Gasteiger partial charge in [-0.05, 0) is 66.7 Å². The molecule has 0 aliphatic heterocycles. The Hall–Kier alpha value is -4.65. The number of ether oxygens (including phenoxy) is 1. The van der Waals surface area contributed by atoms with Crippen molar-refractivity contribution in [3.63, 3.8) is 0 Å². The van der Waals surface area contributed by atoms with E-state index in [1.807, 2.05) is 72.8 Å². The highest BCUT2D eigenvalue weighted by Gasteiger charge is 2.03. The van der Waals surface area contributed by atoms with E-state index in [0.717, 1.165) is 22.9 Å². The Kier molecular flexibility index (Phi) is 6.38. The number of nitrogens with one attached hydrogen (secondary N) is 3. The van der Waals surface area contributed by atoms with Crippen LogP contribution in [0.2, 0.25) is 0 Å². The molecule has 7 nitrogen and oxygen atoms in total. The van der Waals surface area contributed by atoms with Crippen molar-refractivity contribution >= 4 is 34.6 Å². The number of aromatic nitrogens is 2. The summed E-state index contributed by atoms with van der Waals surface area (Å²) in [6.45, 7) is 3.44. The van der Waals surface area contributed by atoms with Gasteiger partial charge in [-0.3, -0.25) is 4.79 Å². The monoisotopic (exact) mass is 423 g/mol. The zero-order chi connectivity index (χ0) is 22.2. The highest BCUT2D eigenvalue weighted by molar-refractivity contribution is 5.98. The minimum Gasteiger partial charge on any atom is -0.457 e. The van der Waals surface area contributed by atoms with E-state index in [4.69, 9.17) is 4.74 Å². The third-order valence-electron chi connectivity index (χ3n) is 4.38. The standard InChI is InChI=1S/C25H21N5O2/c1-2-25(31)30-20-10-8-18(9-11-20)28-23-16-24(27-17-26-23)29-19-12-14-22(15-13-19)32-21-6-4-3-5-7-21/h2-17H,1H2,(H,30,31)(H2,26,27,28,29). The second-order valence-corrected chi connectivity index (χ2v) is 6.75. The van der Waals surface area contributed by atoms with E-state index in [1.54, 1.807) is 12.1 Å². The number of hydrogen-bond acceptors (Lipinski definition) is 6. The third-order valence-corrected chi connectivity index (χ3v) is 4.38. The Labute approximate surface area is 185 Å². The fourth-order valence-corrected chi connectivity index (χ4v) is 2.85. The lowest BCUT2D eigenvalue weighted by atomic mass is 10.2. The smallest absolute Gasteiger partial charge is 0.247 e. The van der Waals surface area contributed by atoms with Crippen LogP contribution in [0.15, 0.2) is 104 Å². The highest BCUT2D eigenvalue weighted by atomic mass is 16.5. The maximum atomic E-state index is 11.4. The summed E-state index contributed by atoms with van der Waals surface area (Å²) in [5, 5.41) is 9.18. The Balaban J connectivity index is 1.37. The lowest BCUT2D eigenvalue weighted by Gasteiger charge is -2.10. The summed E-state index contributed by atoms with van der Waals surface area (Å²) >= 11 is 0. The molecule has 1 aromatic heterocycles. The van der Waals surface area contributed by atoms with Crippen LogP contribution in [0.25, 0.3) is 0 Å². The zero-order valence-corrected chi connectivity index (χ0v) is 17.2. The average Bonchev–Trinajstić information content (AvgIpc) is 2.82. The molecule has 1 heterocycles. The van der Waals surface area contributed by atoms with Gasteiger partial charge < -0.3 is 20.7 Å². The van der Waals surface area contributed by atoms with Crippen molar-refractivity contribution in [2.75, 3.05) is 16.0 Å². The first-order chi connectivity index (χ1) is 15.7. The molecule has 0 aliphatic carbocycles. The molecule has 4 rings (SSSR count). The van der Waals surface area contributed by atoms with Crippen LogP contribution in [0.4, 0.5) is 28.7 Å². The maximum Gasteiger partial charge on any atom is 0.247 e. The largest absolute Gasteiger partial charge is 0.457 e.